The monoisotopic (exact) mass is 324 g/mol. The number of benzene rings is 1. The Kier molecular flexibility index (Phi) is 5.71. The van der Waals surface area contributed by atoms with Crippen molar-refractivity contribution in [2.24, 2.45) is 5.92 Å². The fourth-order valence-electron chi connectivity index (χ4n) is 2.81. The lowest BCUT2D eigenvalue weighted by molar-refractivity contribution is 0.446. The van der Waals surface area contributed by atoms with Crippen molar-refractivity contribution in [3.8, 4) is 0 Å². The highest BCUT2D eigenvalue weighted by molar-refractivity contribution is 9.10. The van der Waals surface area contributed by atoms with Crippen molar-refractivity contribution < 1.29 is 0 Å². The largest absolute Gasteiger partial charge is 0.371 e. The first-order valence-corrected chi connectivity index (χ1v) is 8.24. The van der Waals surface area contributed by atoms with E-state index in [0.717, 1.165) is 19.0 Å². The lowest BCUT2D eigenvalue weighted by Crippen LogP contribution is -2.35. The number of rotatable bonds is 5. The van der Waals surface area contributed by atoms with Gasteiger partial charge < -0.3 is 10.2 Å². The summed E-state index contributed by atoms with van der Waals surface area (Å²) in [6, 6.07) is 6.69. The molecule has 1 fully saturated rings. The molecule has 1 aliphatic rings. The van der Waals surface area contributed by atoms with E-state index >= 15 is 0 Å². The highest BCUT2D eigenvalue weighted by Crippen LogP contribution is 2.28. The second kappa shape index (κ2) is 7.30. The van der Waals surface area contributed by atoms with E-state index in [2.05, 4.69) is 58.2 Å². The number of nitrogens with one attached hydrogen (secondary N) is 1. The molecule has 0 amide bonds. The third-order valence-electron chi connectivity index (χ3n) is 3.78. The van der Waals surface area contributed by atoms with E-state index in [-0.39, 0.29) is 0 Å². The maximum atomic E-state index is 3.59. The minimum Gasteiger partial charge on any atom is -0.371 e. The zero-order chi connectivity index (χ0) is 13.7. The number of hydrogen-bond acceptors (Lipinski definition) is 2. The molecule has 0 aliphatic carbocycles. The molecule has 1 saturated heterocycles. The number of hydrogen-bond donors (Lipinski definition) is 1. The molecule has 106 valence electrons. The Morgan fingerprint density at radius 1 is 1.42 bits per heavy atom. The van der Waals surface area contributed by atoms with Crippen molar-refractivity contribution in [3.05, 3.63) is 28.2 Å². The van der Waals surface area contributed by atoms with Crippen molar-refractivity contribution in [1.29, 1.82) is 0 Å². The Balaban J connectivity index is 2.13. The Morgan fingerprint density at radius 3 is 3.00 bits per heavy atom. The van der Waals surface area contributed by atoms with E-state index in [1.807, 2.05) is 0 Å². The van der Waals surface area contributed by atoms with E-state index in [4.69, 9.17) is 0 Å². The van der Waals surface area contributed by atoms with Crippen LogP contribution in [0.2, 0.25) is 0 Å². The minimum absolute atomic E-state index is 0.814. The SMILES string of the molecule is CCCNCc1cc(Br)ccc1N1CCCC(C)C1. The number of piperidine rings is 1. The van der Waals surface area contributed by atoms with Crippen LogP contribution >= 0.6 is 15.9 Å². The molecule has 1 atom stereocenters. The van der Waals surface area contributed by atoms with Gasteiger partial charge in [0.2, 0.25) is 0 Å². The van der Waals surface area contributed by atoms with Gasteiger partial charge in [-0.05, 0) is 55.5 Å². The second-order valence-corrected chi connectivity index (χ2v) is 6.56. The first-order valence-electron chi connectivity index (χ1n) is 7.44. The van der Waals surface area contributed by atoms with Gasteiger partial charge in [0.15, 0.2) is 0 Å². The molecule has 1 unspecified atom stereocenters. The Morgan fingerprint density at radius 2 is 2.26 bits per heavy atom. The maximum absolute atomic E-state index is 3.59. The molecule has 1 aromatic rings. The van der Waals surface area contributed by atoms with Crippen LogP contribution in [0.5, 0.6) is 0 Å². The van der Waals surface area contributed by atoms with E-state index < -0.39 is 0 Å². The molecule has 19 heavy (non-hydrogen) atoms. The smallest absolute Gasteiger partial charge is 0.0412 e. The minimum atomic E-state index is 0.814. The van der Waals surface area contributed by atoms with Gasteiger partial charge in [-0.15, -0.1) is 0 Å². The van der Waals surface area contributed by atoms with Crippen LogP contribution in [0.3, 0.4) is 0 Å². The Labute approximate surface area is 125 Å². The van der Waals surface area contributed by atoms with Crippen LogP contribution in [0.1, 0.15) is 38.7 Å². The zero-order valence-electron chi connectivity index (χ0n) is 12.1. The molecule has 0 aromatic heterocycles. The highest BCUT2D eigenvalue weighted by Gasteiger charge is 2.18. The molecule has 3 heteroatoms. The lowest BCUT2D eigenvalue weighted by atomic mass is 9.99. The van der Waals surface area contributed by atoms with E-state index in [0.29, 0.717) is 0 Å². The van der Waals surface area contributed by atoms with Gasteiger partial charge in [-0.2, -0.15) is 0 Å². The van der Waals surface area contributed by atoms with Crippen molar-refractivity contribution in [1.82, 2.24) is 5.32 Å². The fourth-order valence-corrected chi connectivity index (χ4v) is 3.22. The predicted molar refractivity (Wildman–Crippen MR) is 86.8 cm³/mol. The third kappa shape index (κ3) is 4.22. The van der Waals surface area contributed by atoms with Crippen LogP contribution in [-0.2, 0) is 6.54 Å². The average molecular weight is 325 g/mol. The Hall–Kier alpha value is -0.540. The molecule has 0 saturated carbocycles. The summed E-state index contributed by atoms with van der Waals surface area (Å²) in [6.45, 7) is 9.02. The summed E-state index contributed by atoms with van der Waals surface area (Å²) in [7, 11) is 0. The van der Waals surface area contributed by atoms with E-state index in [1.54, 1.807) is 0 Å². The first kappa shape index (κ1) is 14.9. The fraction of sp³-hybridized carbons (Fsp3) is 0.625. The molecule has 2 rings (SSSR count). The van der Waals surface area contributed by atoms with Crippen LogP contribution in [0.25, 0.3) is 0 Å². The molecule has 2 nitrogen and oxygen atoms in total. The van der Waals surface area contributed by atoms with Gasteiger partial charge in [-0.1, -0.05) is 29.8 Å². The van der Waals surface area contributed by atoms with Gasteiger partial charge in [0.25, 0.3) is 0 Å². The summed E-state index contributed by atoms with van der Waals surface area (Å²) < 4.78 is 1.18. The van der Waals surface area contributed by atoms with Crippen LogP contribution in [0, 0.1) is 5.92 Å². The van der Waals surface area contributed by atoms with Crippen molar-refractivity contribution >= 4 is 21.6 Å². The van der Waals surface area contributed by atoms with Gasteiger partial charge in [0.1, 0.15) is 0 Å². The van der Waals surface area contributed by atoms with Crippen LogP contribution in [0.4, 0.5) is 5.69 Å². The average Bonchev–Trinajstić information content (AvgIpc) is 2.39. The number of halogens is 1. The second-order valence-electron chi connectivity index (χ2n) is 5.64. The molecule has 0 spiro atoms. The van der Waals surface area contributed by atoms with Gasteiger partial charge >= 0.3 is 0 Å². The molecular formula is C16H25BrN2. The third-order valence-corrected chi connectivity index (χ3v) is 4.27. The zero-order valence-corrected chi connectivity index (χ0v) is 13.7. The summed E-state index contributed by atoms with van der Waals surface area (Å²) in [6.07, 6.45) is 3.87. The van der Waals surface area contributed by atoms with Crippen LogP contribution < -0.4 is 10.2 Å². The standard InChI is InChI=1S/C16H25BrN2/c1-3-8-18-11-14-10-15(17)6-7-16(14)19-9-4-5-13(2)12-19/h6-7,10,13,18H,3-5,8-9,11-12H2,1-2H3. The Bertz CT molecular complexity index is 406. The molecule has 1 aliphatic heterocycles. The summed E-state index contributed by atoms with van der Waals surface area (Å²) in [5, 5.41) is 3.52. The molecular weight excluding hydrogens is 300 g/mol. The van der Waals surface area contributed by atoms with Crippen molar-refractivity contribution in [2.45, 2.75) is 39.7 Å². The first-order chi connectivity index (χ1) is 9.20. The number of nitrogens with zero attached hydrogens (tertiary/aromatic N) is 1. The van der Waals surface area contributed by atoms with Gasteiger partial charge in [0.05, 0.1) is 0 Å². The normalized spacial score (nSPS) is 19.7. The molecule has 1 N–H and O–H groups in total. The highest BCUT2D eigenvalue weighted by atomic mass is 79.9. The quantitative estimate of drug-likeness (QED) is 0.817. The van der Waals surface area contributed by atoms with Crippen LogP contribution in [-0.4, -0.2) is 19.6 Å². The number of anilines is 1. The predicted octanol–water partition coefficient (Wildman–Crippen LogP) is 4.19. The summed E-state index contributed by atoms with van der Waals surface area (Å²) in [4.78, 5) is 2.56. The van der Waals surface area contributed by atoms with Gasteiger partial charge in [-0.3, -0.25) is 0 Å². The van der Waals surface area contributed by atoms with Crippen molar-refractivity contribution in [2.75, 3.05) is 24.5 Å². The van der Waals surface area contributed by atoms with Gasteiger partial charge in [0, 0.05) is 29.8 Å². The van der Waals surface area contributed by atoms with Crippen molar-refractivity contribution in [3.63, 3.8) is 0 Å². The lowest BCUT2D eigenvalue weighted by Gasteiger charge is -2.34. The molecule has 1 heterocycles. The van der Waals surface area contributed by atoms with Crippen LogP contribution in [0.15, 0.2) is 22.7 Å². The molecule has 0 radical (unpaired) electrons. The molecule has 0 bridgehead atoms. The molecule has 1 aromatic carbocycles. The topological polar surface area (TPSA) is 15.3 Å². The van der Waals surface area contributed by atoms with E-state index in [9.17, 15) is 0 Å². The summed E-state index contributed by atoms with van der Waals surface area (Å²) >= 11 is 3.59. The van der Waals surface area contributed by atoms with E-state index in [1.165, 1.54) is 48.1 Å². The maximum Gasteiger partial charge on any atom is 0.0412 e. The summed E-state index contributed by atoms with van der Waals surface area (Å²) in [5.41, 5.74) is 2.83. The van der Waals surface area contributed by atoms with Gasteiger partial charge in [-0.25, -0.2) is 0 Å². The summed E-state index contributed by atoms with van der Waals surface area (Å²) in [5.74, 6) is 0.814.